The molecule has 2 amide bonds. The van der Waals surface area contributed by atoms with Crippen LogP contribution in [0.25, 0.3) is 0 Å². The van der Waals surface area contributed by atoms with Crippen LogP contribution in [0, 0.1) is 11.7 Å². The van der Waals surface area contributed by atoms with Gasteiger partial charge in [0.1, 0.15) is 18.4 Å². The van der Waals surface area contributed by atoms with Gasteiger partial charge in [-0.25, -0.2) is 12.8 Å². The van der Waals surface area contributed by atoms with Crippen molar-refractivity contribution >= 4 is 39.1 Å². The van der Waals surface area contributed by atoms with Gasteiger partial charge in [-0.2, -0.15) is 0 Å². The average molecular weight is 636 g/mol. The number of carbonyl (C=O) groups excluding carboxylic acids is 2. The molecule has 4 rings (SSSR count). The molecule has 230 valence electrons. The van der Waals surface area contributed by atoms with Crippen molar-refractivity contribution in [3.8, 4) is 0 Å². The Bertz CT molecular complexity index is 1650. The first-order valence-electron chi connectivity index (χ1n) is 14.2. The SMILES string of the molecule is CC(C)CNC(=O)C(Cc1ccccc1)N(Cc1cccc(Cl)c1)C(=O)CN(c1ccccc1)S(=O)(=O)c1ccc(F)cc1. The average Bonchev–Trinajstić information content (AvgIpc) is 3.01. The topological polar surface area (TPSA) is 86.8 Å². The first-order chi connectivity index (χ1) is 21.0. The Morgan fingerprint density at radius 1 is 0.841 bits per heavy atom. The maximum Gasteiger partial charge on any atom is 0.264 e. The van der Waals surface area contributed by atoms with Crippen LogP contribution in [0.4, 0.5) is 10.1 Å². The molecular formula is C34H35ClFN3O4S. The second-order valence-electron chi connectivity index (χ2n) is 10.8. The molecule has 0 aromatic heterocycles. The third kappa shape index (κ3) is 8.67. The molecule has 1 unspecified atom stereocenters. The Morgan fingerprint density at radius 2 is 1.45 bits per heavy atom. The maximum atomic E-state index is 14.4. The van der Waals surface area contributed by atoms with E-state index in [0.717, 1.165) is 34.1 Å². The minimum atomic E-state index is -4.31. The number of nitrogens with zero attached hydrogens (tertiary/aromatic N) is 2. The van der Waals surface area contributed by atoms with Gasteiger partial charge in [-0.05, 0) is 65.6 Å². The van der Waals surface area contributed by atoms with E-state index in [9.17, 15) is 22.4 Å². The summed E-state index contributed by atoms with van der Waals surface area (Å²) in [6.07, 6.45) is 0.202. The zero-order valence-electron chi connectivity index (χ0n) is 24.6. The van der Waals surface area contributed by atoms with Crippen molar-refractivity contribution in [1.29, 1.82) is 0 Å². The number of benzene rings is 4. The standard InChI is InChI=1S/C34H35ClFN3O4S/c1-25(2)22-37-34(41)32(21-26-10-5-3-6-11-26)38(23-27-12-9-13-28(35)20-27)33(40)24-39(30-14-7-4-8-15-30)44(42,43)31-18-16-29(36)17-19-31/h3-20,25,32H,21-24H2,1-2H3,(H,37,41). The Balaban J connectivity index is 1.78. The third-order valence-corrected chi connectivity index (χ3v) is 8.95. The number of amides is 2. The molecule has 0 saturated carbocycles. The van der Waals surface area contributed by atoms with Crippen LogP contribution in [-0.4, -0.2) is 44.3 Å². The summed E-state index contributed by atoms with van der Waals surface area (Å²) in [6.45, 7) is 3.75. The molecule has 1 atom stereocenters. The molecule has 0 bridgehead atoms. The molecule has 10 heteroatoms. The van der Waals surface area contributed by atoms with Crippen molar-refractivity contribution < 1.29 is 22.4 Å². The molecule has 0 aliphatic carbocycles. The second kappa shape index (κ2) is 15.0. The third-order valence-electron chi connectivity index (χ3n) is 6.92. The maximum absolute atomic E-state index is 14.4. The van der Waals surface area contributed by atoms with E-state index >= 15 is 0 Å². The number of sulfonamides is 1. The van der Waals surface area contributed by atoms with Crippen LogP contribution >= 0.6 is 11.6 Å². The minimum Gasteiger partial charge on any atom is -0.354 e. The summed E-state index contributed by atoms with van der Waals surface area (Å²) in [5.41, 5.74) is 1.75. The fourth-order valence-corrected chi connectivity index (χ4v) is 6.29. The molecule has 4 aromatic carbocycles. The van der Waals surface area contributed by atoms with Gasteiger partial charge in [0.2, 0.25) is 11.8 Å². The van der Waals surface area contributed by atoms with Crippen molar-refractivity contribution in [2.24, 2.45) is 5.92 Å². The lowest BCUT2D eigenvalue weighted by atomic mass is 10.0. The summed E-state index contributed by atoms with van der Waals surface area (Å²) < 4.78 is 42.5. The van der Waals surface area contributed by atoms with E-state index in [4.69, 9.17) is 11.6 Å². The van der Waals surface area contributed by atoms with Gasteiger partial charge < -0.3 is 10.2 Å². The lowest BCUT2D eigenvalue weighted by molar-refractivity contribution is -0.140. The Labute approximate surface area is 263 Å². The molecule has 0 fully saturated rings. The quantitative estimate of drug-likeness (QED) is 0.193. The van der Waals surface area contributed by atoms with Gasteiger partial charge in [0.05, 0.1) is 10.6 Å². The molecule has 1 N–H and O–H groups in total. The molecule has 0 aliphatic heterocycles. The summed E-state index contributed by atoms with van der Waals surface area (Å²) >= 11 is 6.27. The normalized spacial score (nSPS) is 12.0. The number of nitrogens with one attached hydrogen (secondary N) is 1. The van der Waals surface area contributed by atoms with E-state index in [2.05, 4.69) is 5.32 Å². The zero-order valence-corrected chi connectivity index (χ0v) is 26.1. The molecule has 0 radical (unpaired) electrons. The van der Waals surface area contributed by atoms with Crippen LogP contribution in [0.3, 0.4) is 0 Å². The van der Waals surface area contributed by atoms with Crippen LogP contribution < -0.4 is 9.62 Å². The molecule has 4 aromatic rings. The van der Waals surface area contributed by atoms with E-state index in [1.807, 2.05) is 44.2 Å². The molecule has 0 aliphatic rings. The van der Waals surface area contributed by atoms with Crippen LogP contribution in [0.1, 0.15) is 25.0 Å². The molecular weight excluding hydrogens is 601 g/mol. The Hall–Kier alpha value is -4.21. The van der Waals surface area contributed by atoms with Crippen LogP contribution in [0.15, 0.2) is 114 Å². The molecule has 0 saturated heterocycles. The number of halogens is 2. The number of hydrogen-bond acceptors (Lipinski definition) is 4. The fraction of sp³-hybridized carbons (Fsp3) is 0.235. The van der Waals surface area contributed by atoms with Crippen LogP contribution in [-0.2, 0) is 32.6 Å². The van der Waals surface area contributed by atoms with Gasteiger partial charge in [-0.1, -0.05) is 86.1 Å². The number of anilines is 1. The molecule has 7 nitrogen and oxygen atoms in total. The summed E-state index contributed by atoms with van der Waals surface area (Å²) in [5.74, 6) is -1.37. The highest BCUT2D eigenvalue weighted by molar-refractivity contribution is 7.92. The summed E-state index contributed by atoms with van der Waals surface area (Å²) in [5, 5.41) is 3.42. The van der Waals surface area contributed by atoms with Crippen LogP contribution in [0.5, 0.6) is 0 Å². The van der Waals surface area contributed by atoms with Gasteiger partial charge in [0.15, 0.2) is 0 Å². The van der Waals surface area contributed by atoms with Crippen LogP contribution in [0.2, 0.25) is 5.02 Å². The van der Waals surface area contributed by atoms with Gasteiger partial charge in [0, 0.05) is 24.5 Å². The minimum absolute atomic E-state index is 0.00518. The highest BCUT2D eigenvalue weighted by Crippen LogP contribution is 2.25. The predicted octanol–water partition coefficient (Wildman–Crippen LogP) is 6.09. The number of hydrogen-bond donors (Lipinski definition) is 1. The largest absolute Gasteiger partial charge is 0.354 e. The van der Waals surface area contributed by atoms with E-state index in [0.29, 0.717) is 17.1 Å². The first-order valence-corrected chi connectivity index (χ1v) is 16.1. The van der Waals surface area contributed by atoms with Gasteiger partial charge in [-0.15, -0.1) is 0 Å². The smallest absolute Gasteiger partial charge is 0.264 e. The summed E-state index contributed by atoms with van der Waals surface area (Å²) in [6, 6.07) is 28.0. The van der Waals surface area contributed by atoms with Crippen molar-refractivity contribution in [2.75, 3.05) is 17.4 Å². The highest BCUT2D eigenvalue weighted by Gasteiger charge is 2.34. The van der Waals surface area contributed by atoms with E-state index in [1.54, 1.807) is 54.6 Å². The van der Waals surface area contributed by atoms with E-state index in [1.165, 1.54) is 4.90 Å². The van der Waals surface area contributed by atoms with Gasteiger partial charge in [-0.3, -0.25) is 13.9 Å². The van der Waals surface area contributed by atoms with Crippen molar-refractivity contribution in [1.82, 2.24) is 10.2 Å². The second-order valence-corrected chi connectivity index (χ2v) is 13.1. The van der Waals surface area contributed by atoms with Crippen molar-refractivity contribution in [3.63, 3.8) is 0 Å². The van der Waals surface area contributed by atoms with Gasteiger partial charge >= 0.3 is 0 Å². The van der Waals surface area contributed by atoms with Crippen molar-refractivity contribution in [2.45, 2.75) is 37.8 Å². The fourth-order valence-electron chi connectivity index (χ4n) is 4.67. The number of carbonyl (C=O) groups is 2. The predicted molar refractivity (Wildman–Crippen MR) is 171 cm³/mol. The Morgan fingerprint density at radius 3 is 2.07 bits per heavy atom. The highest BCUT2D eigenvalue weighted by atomic mass is 35.5. The monoisotopic (exact) mass is 635 g/mol. The van der Waals surface area contributed by atoms with Gasteiger partial charge in [0.25, 0.3) is 10.0 Å². The summed E-state index contributed by atoms with van der Waals surface area (Å²) in [4.78, 5) is 29.4. The van der Waals surface area contributed by atoms with Crippen molar-refractivity contribution in [3.05, 3.63) is 131 Å². The van der Waals surface area contributed by atoms with E-state index in [-0.39, 0.29) is 35.4 Å². The lowest BCUT2D eigenvalue weighted by Crippen LogP contribution is -2.53. The molecule has 44 heavy (non-hydrogen) atoms. The molecule has 0 heterocycles. The van der Waals surface area contributed by atoms with E-state index < -0.39 is 34.3 Å². The molecule has 0 spiro atoms. The number of para-hydroxylation sites is 1. The summed E-state index contributed by atoms with van der Waals surface area (Å²) in [7, 11) is -4.31. The number of rotatable bonds is 13. The zero-order chi connectivity index (χ0) is 31.7. The first kappa shape index (κ1) is 32.7. The Kier molecular flexibility index (Phi) is 11.1. The lowest BCUT2D eigenvalue weighted by Gasteiger charge is -2.34.